The number of carbonyl (C=O) groups is 1. The molecule has 0 N–H and O–H groups in total. The third-order valence-corrected chi connectivity index (χ3v) is 7.01. The Hall–Kier alpha value is -0.880. The molecule has 3 rings (SSSR count). The molecule has 110 valence electrons. The molecular weight excluding hydrogens is 294 g/mol. The molecule has 1 amide bonds. The molecule has 1 aliphatic heterocycles. The van der Waals surface area contributed by atoms with Gasteiger partial charge < -0.3 is 4.90 Å². The first-order valence-electron chi connectivity index (χ1n) is 7.06. The molecule has 0 saturated carbocycles. The van der Waals surface area contributed by atoms with E-state index in [2.05, 4.69) is 6.92 Å². The van der Waals surface area contributed by atoms with E-state index in [0.29, 0.717) is 19.0 Å². The van der Waals surface area contributed by atoms with Crippen LogP contribution in [-0.2, 0) is 22.7 Å². The maximum Gasteiger partial charge on any atom is 0.263 e. The normalized spacial score (nSPS) is 25.2. The first-order valence-corrected chi connectivity index (χ1v) is 9.70. The summed E-state index contributed by atoms with van der Waals surface area (Å²) in [6.45, 7) is 2.91. The minimum Gasteiger partial charge on any atom is -0.336 e. The topological polar surface area (TPSA) is 54.5 Å². The Kier molecular flexibility index (Phi) is 3.62. The van der Waals surface area contributed by atoms with Crippen molar-refractivity contribution in [1.82, 2.24) is 4.90 Å². The first kappa shape index (κ1) is 14.1. The number of fused-ring (bicyclic) bond motifs is 1. The molecule has 1 fully saturated rings. The molecule has 1 aliphatic carbocycles. The van der Waals surface area contributed by atoms with Gasteiger partial charge in [-0.3, -0.25) is 4.79 Å². The summed E-state index contributed by atoms with van der Waals surface area (Å²) in [5.41, 5.74) is 1.32. The highest BCUT2D eigenvalue weighted by molar-refractivity contribution is 7.91. The van der Waals surface area contributed by atoms with E-state index in [4.69, 9.17) is 0 Å². The average Bonchev–Trinajstić information content (AvgIpc) is 2.80. The number of amides is 1. The van der Waals surface area contributed by atoms with Crippen LogP contribution in [0.4, 0.5) is 0 Å². The van der Waals surface area contributed by atoms with Crippen molar-refractivity contribution in [3.63, 3.8) is 0 Å². The molecule has 0 bridgehead atoms. The molecule has 1 unspecified atom stereocenters. The zero-order valence-electron chi connectivity index (χ0n) is 11.6. The molecule has 1 aromatic rings. The van der Waals surface area contributed by atoms with Crippen LogP contribution in [0.2, 0.25) is 0 Å². The van der Waals surface area contributed by atoms with E-state index in [0.717, 1.165) is 17.7 Å². The average molecular weight is 313 g/mol. The summed E-state index contributed by atoms with van der Waals surface area (Å²) >= 11 is 1.60. The van der Waals surface area contributed by atoms with Gasteiger partial charge >= 0.3 is 0 Å². The smallest absolute Gasteiger partial charge is 0.263 e. The van der Waals surface area contributed by atoms with Crippen LogP contribution in [-0.4, -0.2) is 43.8 Å². The lowest BCUT2D eigenvalue weighted by molar-refractivity contribution is 0.0775. The van der Waals surface area contributed by atoms with Gasteiger partial charge in [-0.2, -0.15) is 0 Å². The van der Waals surface area contributed by atoms with Gasteiger partial charge in [-0.25, -0.2) is 8.42 Å². The van der Waals surface area contributed by atoms with Crippen molar-refractivity contribution in [2.75, 3.05) is 24.6 Å². The van der Waals surface area contributed by atoms with Crippen LogP contribution in [0.25, 0.3) is 0 Å². The molecule has 20 heavy (non-hydrogen) atoms. The Balaban J connectivity index is 1.75. The molecule has 1 aromatic heterocycles. The lowest BCUT2D eigenvalue weighted by atomic mass is 9.90. The van der Waals surface area contributed by atoms with Crippen molar-refractivity contribution in [1.29, 1.82) is 0 Å². The monoisotopic (exact) mass is 313 g/mol. The van der Waals surface area contributed by atoms with E-state index in [1.807, 2.05) is 6.07 Å². The van der Waals surface area contributed by atoms with Crippen LogP contribution < -0.4 is 0 Å². The summed E-state index contributed by atoms with van der Waals surface area (Å²) in [6.07, 6.45) is 3.33. The van der Waals surface area contributed by atoms with E-state index in [1.54, 1.807) is 16.2 Å². The Bertz CT molecular complexity index is 619. The highest BCUT2D eigenvalue weighted by Crippen LogP contribution is 2.32. The van der Waals surface area contributed by atoms with Crippen molar-refractivity contribution in [2.24, 2.45) is 5.92 Å². The van der Waals surface area contributed by atoms with Crippen molar-refractivity contribution in [3.05, 3.63) is 21.4 Å². The Morgan fingerprint density at radius 3 is 2.75 bits per heavy atom. The second-order valence-corrected chi connectivity index (χ2v) is 9.29. The van der Waals surface area contributed by atoms with E-state index < -0.39 is 9.84 Å². The number of rotatable bonds is 1. The van der Waals surface area contributed by atoms with Crippen LogP contribution in [0.3, 0.4) is 0 Å². The first-order chi connectivity index (χ1) is 9.44. The molecule has 1 atom stereocenters. The maximum atomic E-state index is 12.5. The molecule has 1 saturated heterocycles. The van der Waals surface area contributed by atoms with Crippen molar-refractivity contribution >= 4 is 27.1 Å². The van der Waals surface area contributed by atoms with Crippen molar-refractivity contribution in [2.45, 2.75) is 26.2 Å². The van der Waals surface area contributed by atoms with Gasteiger partial charge in [-0.05, 0) is 36.8 Å². The fraction of sp³-hybridized carbons (Fsp3) is 0.643. The lowest BCUT2D eigenvalue weighted by Gasteiger charge is -2.26. The molecular formula is C14H19NO3S2. The van der Waals surface area contributed by atoms with E-state index >= 15 is 0 Å². The largest absolute Gasteiger partial charge is 0.336 e. The highest BCUT2D eigenvalue weighted by Gasteiger charge is 2.28. The summed E-state index contributed by atoms with van der Waals surface area (Å²) in [5, 5.41) is 0. The van der Waals surface area contributed by atoms with Gasteiger partial charge in [-0.15, -0.1) is 11.3 Å². The van der Waals surface area contributed by atoms with E-state index in [1.165, 1.54) is 16.9 Å². The standard InChI is InChI=1S/C14H19NO3S2/c1-10-2-3-12-11(8-10)9-13(19-12)14(16)15-4-6-20(17,18)7-5-15/h9-10H,2-8H2,1H3. The summed E-state index contributed by atoms with van der Waals surface area (Å²) in [6, 6.07) is 2.03. The predicted molar refractivity (Wildman–Crippen MR) is 80.1 cm³/mol. The van der Waals surface area contributed by atoms with Gasteiger partial charge in [0.1, 0.15) is 0 Å². The number of aryl methyl sites for hydroxylation is 1. The number of nitrogens with zero attached hydrogens (tertiary/aromatic N) is 1. The van der Waals surface area contributed by atoms with Gasteiger partial charge in [0.25, 0.3) is 5.91 Å². The summed E-state index contributed by atoms with van der Waals surface area (Å²) in [4.78, 5) is 16.3. The summed E-state index contributed by atoms with van der Waals surface area (Å²) in [7, 11) is -2.93. The Labute approximate surface area is 123 Å². The molecule has 4 nitrogen and oxygen atoms in total. The molecule has 0 radical (unpaired) electrons. The van der Waals surface area contributed by atoms with E-state index in [9.17, 15) is 13.2 Å². The van der Waals surface area contributed by atoms with Crippen molar-refractivity contribution < 1.29 is 13.2 Å². The van der Waals surface area contributed by atoms with Gasteiger partial charge in [0.05, 0.1) is 16.4 Å². The molecule has 6 heteroatoms. The zero-order chi connectivity index (χ0) is 14.3. The van der Waals surface area contributed by atoms with Crippen LogP contribution >= 0.6 is 11.3 Å². The molecule has 0 spiro atoms. The Morgan fingerprint density at radius 1 is 1.35 bits per heavy atom. The van der Waals surface area contributed by atoms with E-state index in [-0.39, 0.29) is 17.4 Å². The minimum atomic E-state index is -2.93. The Morgan fingerprint density at radius 2 is 2.05 bits per heavy atom. The highest BCUT2D eigenvalue weighted by atomic mass is 32.2. The lowest BCUT2D eigenvalue weighted by Crippen LogP contribution is -2.43. The van der Waals surface area contributed by atoms with Crippen LogP contribution in [0.1, 0.15) is 33.5 Å². The van der Waals surface area contributed by atoms with Gasteiger partial charge in [0.2, 0.25) is 0 Å². The minimum absolute atomic E-state index is 0.00644. The second kappa shape index (κ2) is 5.15. The quantitative estimate of drug-likeness (QED) is 0.793. The van der Waals surface area contributed by atoms with Crippen LogP contribution in [0, 0.1) is 5.92 Å². The third-order valence-electron chi connectivity index (χ3n) is 4.17. The SMILES string of the molecule is CC1CCc2sc(C(=O)N3CCS(=O)(=O)CC3)cc2C1. The fourth-order valence-electron chi connectivity index (χ4n) is 2.88. The predicted octanol–water partition coefficient (Wildman–Crippen LogP) is 1.74. The number of sulfone groups is 1. The summed E-state index contributed by atoms with van der Waals surface area (Å²) in [5.74, 6) is 0.897. The van der Waals surface area contributed by atoms with Crippen molar-refractivity contribution in [3.8, 4) is 0 Å². The second-order valence-electron chi connectivity index (χ2n) is 5.85. The number of thiophene rings is 1. The summed E-state index contributed by atoms with van der Waals surface area (Å²) < 4.78 is 22.8. The number of hydrogen-bond acceptors (Lipinski definition) is 4. The molecule has 2 heterocycles. The van der Waals surface area contributed by atoms with Gasteiger partial charge in [0.15, 0.2) is 9.84 Å². The number of hydrogen-bond donors (Lipinski definition) is 0. The van der Waals surface area contributed by atoms with Gasteiger partial charge in [-0.1, -0.05) is 6.92 Å². The maximum absolute atomic E-state index is 12.5. The zero-order valence-corrected chi connectivity index (χ0v) is 13.2. The third kappa shape index (κ3) is 2.76. The van der Waals surface area contributed by atoms with Crippen LogP contribution in [0.15, 0.2) is 6.07 Å². The van der Waals surface area contributed by atoms with Gasteiger partial charge in [0, 0.05) is 18.0 Å². The molecule has 2 aliphatic rings. The van der Waals surface area contributed by atoms with Crippen LogP contribution in [0.5, 0.6) is 0 Å². The molecule has 0 aromatic carbocycles. The number of carbonyl (C=O) groups excluding carboxylic acids is 1. The fourth-order valence-corrected chi connectivity index (χ4v) is 5.26.